The predicted octanol–water partition coefficient (Wildman–Crippen LogP) is 3.68. The molecule has 0 saturated heterocycles. The highest BCUT2D eigenvalue weighted by molar-refractivity contribution is 6.02. The lowest BCUT2D eigenvalue weighted by atomic mass is 10.1. The topological polar surface area (TPSA) is 104 Å². The number of ether oxygens (including phenoxy) is 1. The van der Waals surface area contributed by atoms with Crippen LogP contribution < -0.4 is 10.6 Å². The number of fused-ring (bicyclic) bond motifs is 1. The number of amides is 2. The van der Waals surface area contributed by atoms with Gasteiger partial charge in [-0.1, -0.05) is 12.1 Å². The van der Waals surface area contributed by atoms with Gasteiger partial charge in [0.1, 0.15) is 11.4 Å². The summed E-state index contributed by atoms with van der Waals surface area (Å²) in [5.41, 5.74) is -0.0112. The van der Waals surface area contributed by atoms with Crippen molar-refractivity contribution in [2.75, 3.05) is 10.6 Å². The summed E-state index contributed by atoms with van der Waals surface area (Å²) in [7, 11) is 0. The normalized spacial score (nSPS) is 18.7. The zero-order chi connectivity index (χ0) is 18.9. The summed E-state index contributed by atoms with van der Waals surface area (Å²) < 4.78 is 5.27. The molecule has 1 aliphatic rings. The molecule has 134 valence electrons. The van der Waals surface area contributed by atoms with E-state index in [0.717, 1.165) is 10.8 Å². The first-order valence-corrected chi connectivity index (χ1v) is 8.36. The second-order valence-electron chi connectivity index (χ2n) is 7.29. The number of carbonyl (C=O) groups excluding carboxylic acids is 2. The van der Waals surface area contributed by atoms with Crippen LogP contribution in [0.3, 0.4) is 0 Å². The zero-order valence-corrected chi connectivity index (χ0v) is 14.9. The molecule has 1 saturated carbocycles. The Labute approximate surface area is 151 Å². The Morgan fingerprint density at radius 3 is 2.73 bits per heavy atom. The second-order valence-corrected chi connectivity index (χ2v) is 7.29. The third-order valence-corrected chi connectivity index (χ3v) is 3.94. The molecule has 7 heteroatoms. The molecule has 0 bridgehead atoms. The quantitative estimate of drug-likeness (QED) is 0.877. The molecule has 7 nitrogen and oxygen atoms in total. The summed E-state index contributed by atoms with van der Waals surface area (Å²) in [6.07, 6.45) is 1.64. The maximum atomic E-state index is 12.0. The molecular weight excluding hydrogens is 332 g/mol. The van der Waals surface area contributed by atoms with Gasteiger partial charge in [0.05, 0.1) is 23.6 Å². The predicted molar refractivity (Wildman–Crippen MR) is 97.4 cm³/mol. The van der Waals surface area contributed by atoms with Crippen molar-refractivity contribution in [3.05, 3.63) is 30.5 Å². The van der Waals surface area contributed by atoms with Crippen LogP contribution in [-0.2, 0) is 9.53 Å². The zero-order valence-electron chi connectivity index (χ0n) is 14.9. The van der Waals surface area contributed by atoms with Crippen LogP contribution in [0.1, 0.15) is 27.2 Å². The van der Waals surface area contributed by atoms with Gasteiger partial charge in [0.25, 0.3) is 0 Å². The number of anilines is 2. The van der Waals surface area contributed by atoms with Crippen molar-refractivity contribution in [3.63, 3.8) is 0 Å². The molecule has 2 N–H and O–H groups in total. The molecule has 1 fully saturated rings. The van der Waals surface area contributed by atoms with Gasteiger partial charge in [0, 0.05) is 11.6 Å². The number of nitrogens with zero attached hydrogens (tertiary/aromatic N) is 2. The Morgan fingerprint density at radius 1 is 1.31 bits per heavy atom. The number of benzene rings is 1. The van der Waals surface area contributed by atoms with E-state index in [1.165, 1.54) is 0 Å². The summed E-state index contributed by atoms with van der Waals surface area (Å²) in [5, 5.41) is 15.8. The van der Waals surface area contributed by atoms with Crippen LogP contribution in [0.25, 0.3) is 10.8 Å². The van der Waals surface area contributed by atoms with E-state index in [-0.39, 0.29) is 17.7 Å². The minimum atomic E-state index is -0.589. The van der Waals surface area contributed by atoms with Crippen LogP contribution >= 0.6 is 0 Å². The number of pyridine rings is 1. The first kappa shape index (κ1) is 17.7. The fourth-order valence-corrected chi connectivity index (χ4v) is 2.61. The van der Waals surface area contributed by atoms with Crippen LogP contribution in [0.2, 0.25) is 0 Å². The van der Waals surface area contributed by atoms with E-state index in [1.54, 1.807) is 45.2 Å². The molecule has 0 radical (unpaired) electrons. The van der Waals surface area contributed by atoms with Crippen molar-refractivity contribution in [2.45, 2.75) is 32.8 Å². The standard InChI is InChI=1S/C19H20N4O3/c1-19(2,3)26-18(25)22-15-6-4-5-11-8-16(21-10-14(11)15)23-17(24)13-7-12(13)9-20/h4-6,8,10,12-13H,7H2,1-3H3,(H,22,25)(H,21,23,24)/t12-,13+/m0/s1. The van der Waals surface area contributed by atoms with E-state index in [9.17, 15) is 9.59 Å². The highest BCUT2D eigenvalue weighted by Crippen LogP contribution is 2.38. The highest BCUT2D eigenvalue weighted by atomic mass is 16.6. The van der Waals surface area contributed by atoms with Crippen molar-refractivity contribution in [2.24, 2.45) is 11.8 Å². The highest BCUT2D eigenvalue weighted by Gasteiger charge is 2.43. The molecule has 1 aliphatic carbocycles. The molecule has 1 aromatic heterocycles. The first-order chi connectivity index (χ1) is 12.3. The van der Waals surface area contributed by atoms with Crippen LogP contribution in [0.4, 0.5) is 16.3 Å². The number of nitrogens with one attached hydrogen (secondary N) is 2. The van der Waals surface area contributed by atoms with Crippen molar-refractivity contribution in [3.8, 4) is 6.07 Å². The molecule has 0 spiro atoms. The van der Waals surface area contributed by atoms with Crippen LogP contribution in [0.15, 0.2) is 30.5 Å². The molecule has 2 aromatic rings. The molecule has 26 heavy (non-hydrogen) atoms. The Hall–Kier alpha value is -3.14. The Bertz CT molecular complexity index is 911. The smallest absolute Gasteiger partial charge is 0.412 e. The van der Waals surface area contributed by atoms with Gasteiger partial charge in [-0.25, -0.2) is 9.78 Å². The lowest BCUT2D eigenvalue weighted by Gasteiger charge is -2.20. The molecule has 2 amide bonds. The third kappa shape index (κ3) is 4.09. The Morgan fingerprint density at radius 2 is 2.08 bits per heavy atom. The van der Waals surface area contributed by atoms with Crippen molar-refractivity contribution < 1.29 is 14.3 Å². The second kappa shape index (κ2) is 6.64. The molecule has 1 heterocycles. The van der Waals surface area contributed by atoms with Gasteiger partial charge in [0.15, 0.2) is 0 Å². The monoisotopic (exact) mass is 352 g/mol. The number of carbonyl (C=O) groups is 2. The SMILES string of the molecule is CC(C)(C)OC(=O)Nc1cccc2cc(NC(=O)[C@@H]3C[C@H]3C#N)ncc12. The Balaban J connectivity index is 1.76. The molecule has 3 rings (SSSR count). The third-order valence-electron chi connectivity index (χ3n) is 3.94. The summed E-state index contributed by atoms with van der Waals surface area (Å²) in [6, 6.07) is 9.25. The maximum Gasteiger partial charge on any atom is 0.412 e. The average Bonchev–Trinajstić information content (AvgIpc) is 3.33. The van der Waals surface area contributed by atoms with Crippen LogP contribution in [-0.4, -0.2) is 22.6 Å². The minimum Gasteiger partial charge on any atom is -0.444 e. The lowest BCUT2D eigenvalue weighted by molar-refractivity contribution is -0.117. The van der Waals surface area contributed by atoms with Crippen LogP contribution in [0, 0.1) is 23.2 Å². The average molecular weight is 352 g/mol. The van der Waals surface area contributed by atoms with E-state index in [1.807, 2.05) is 6.07 Å². The number of nitriles is 1. The summed E-state index contributed by atoms with van der Waals surface area (Å²) >= 11 is 0. The minimum absolute atomic E-state index is 0.188. The van der Waals surface area contributed by atoms with Gasteiger partial charge >= 0.3 is 6.09 Å². The van der Waals surface area contributed by atoms with E-state index in [0.29, 0.717) is 17.9 Å². The van der Waals surface area contributed by atoms with Gasteiger partial charge in [-0.3, -0.25) is 10.1 Å². The van der Waals surface area contributed by atoms with Gasteiger partial charge in [0.2, 0.25) is 5.91 Å². The number of hydrogen-bond acceptors (Lipinski definition) is 5. The van der Waals surface area contributed by atoms with Gasteiger partial charge in [-0.05, 0) is 44.7 Å². The Kier molecular flexibility index (Phi) is 4.51. The number of rotatable bonds is 3. The lowest BCUT2D eigenvalue weighted by Crippen LogP contribution is -2.27. The van der Waals surface area contributed by atoms with Gasteiger partial charge < -0.3 is 10.1 Å². The number of hydrogen-bond donors (Lipinski definition) is 2. The van der Waals surface area contributed by atoms with Crippen molar-refractivity contribution in [1.29, 1.82) is 5.26 Å². The van der Waals surface area contributed by atoms with Crippen molar-refractivity contribution >= 4 is 34.3 Å². The summed E-state index contributed by atoms with van der Waals surface area (Å²) in [5.74, 6) is -0.218. The maximum absolute atomic E-state index is 12.0. The van der Waals surface area contributed by atoms with Gasteiger partial charge in [-0.2, -0.15) is 5.26 Å². The van der Waals surface area contributed by atoms with E-state index >= 15 is 0 Å². The molecule has 2 atom stereocenters. The largest absolute Gasteiger partial charge is 0.444 e. The van der Waals surface area contributed by atoms with Crippen LogP contribution in [0.5, 0.6) is 0 Å². The van der Waals surface area contributed by atoms with Crippen molar-refractivity contribution in [1.82, 2.24) is 4.98 Å². The first-order valence-electron chi connectivity index (χ1n) is 8.36. The van der Waals surface area contributed by atoms with Gasteiger partial charge in [-0.15, -0.1) is 0 Å². The molecule has 1 aromatic carbocycles. The molecule has 0 aliphatic heterocycles. The fraction of sp³-hybridized carbons (Fsp3) is 0.368. The van der Waals surface area contributed by atoms with E-state index in [4.69, 9.17) is 10.00 Å². The van der Waals surface area contributed by atoms with E-state index in [2.05, 4.69) is 21.7 Å². The fourth-order valence-electron chi connectivity index (χ4n) is 2.61. The van der Waals surface area contributed by atoms with E-state index < -0.39 is 11.7 Å². The summed E-state index contributed by atoms with van der Waals surface area (Å²) in [6.45, 7) is 5.38. The number of aromatic nitrogens is 1. The molecule has 0 unspecified atom stereocenters. The summed E-state index contributed by atoms with van der Waals surface area (Å²) in [4.78, 5) is 28.3. The molecular formula is C19H20N4O3.